The zero-order valence-corrected chi connectivity index (χ0v) is 13.9. The van der Waals surface area contributed by atoms with E-state index < -0.39 is 0 Å². The van der Waals surface area contributed by atoms with Crippen molar-refractivity contribution in [2.24, 2.45) is 5.92 Å². The second-order valence-corrected chi connectivity index (χ2v) is 7.42. The highest BCUT2D eigenvalue weighted by atomic mass is 79.9. The zero-order valence-electron chi connectivity index (χ0n) is 11.5. The van der Waals surface area contributed by atoms with Gasteiger partial charge in [-0.3, -0.25) is 4.79 Å². The van der Waals surface area contributed by atoms with Crippen molar-refractivity contribution in [3.63, 3.8) is 0 Å². The summed E-state index contributed by atoms with van der Waals surface area (Å²) in [7, 11) is 0. The Balaban J connectivity index is 1.68. The van der Waals surface area contributed by atoms with Gasteiger partial charge in [0.2, 0.25) is 5.91 Å². The first-order chi connectivity index (χ1) is 9.79. The van der Waals surface area contributed by atoms with Crippen molar-refractivity contribution in [1.82, 2.24) is 5.32 Å². The van der Waals surface area contributed by atoms with Crippen LogP contribution in [0.2, 0.25) is 0 Å². The molecule has 1 aromatic carbocycles. The molecule has 1 saturated carbocycles. The highest BCUT2D eigenvalue weighted by Gasteiger charge is 2.32. The summed E-state index contributed by atoms with van der Waals surface area (Å²) in [4.78, 5) is 13.9. The Morgan fingerprint density at radius 2 is 2.10 bits per heavy atom. The number of hydrogen-bond acceptors (Lipinski definition) is 2. The number of thioether (sulfide) groups is 1. The summed E-state index contributed by atoms with van der Waals surface area (Å²) in [6, 6.07) is 8.66. The molecule has 1 amide bonds. The largest absolute Gasteiger partial charge is 0.353 e. The van der Waals surface area contributed by atoms with Crippen LogP contribution in [0.25, 0.3) is 0 Å². The van der Waals surface area contributed by atoms with Gasteiger partial charge in [0, 0.05) is 22.0 Å². The number of fused-ring (bicyclic) bond motifs is 1. The van der Waals surface area contributed by atoms with Crippen molar-refractivity contribution < 1.29 is 4.79 Å². The third-order valence-corrected chi connectivity index (χ3v) is 6.47. The van der Waals surface area contributed by atoms with Gasteiger partial charge in [0.15, 0.2) is 0 Å². The molecule has 0 aromatic heterocycles. The van der Waals surface area contributed by atoms with Crippen LogP contribution in [0.5, 0.6) is 0 Å². The standard InChI is InChI=1S/C16H20BrNOS/c17-9-11-5-1-3-7-14(11)18-16(19)13-10-20-15-8-4-2-6-12(13)15/h2,4,6,8,11,13-14H,1,3,5,7,9-10H2,(H,18,19). The molecule has 2 nitrogen and oxygen atoms in total. The van der Waals surface area contributed by atoms with Gasteiger partial charge >= 0.3 is 0 Å². The zero-order chi connectivity index (χ0) is 13.9. The molecule has 0 spiro atoms. The van der Waals surface area contributed by atoms with Crippen molar-refractivity contribution in [1.29, 1.82) is 0 Å². The topological polar surface area (TPSA) is 29.1 Å². The van der Waals surface area contributed by atoms with Crippen LogP contribution in [0.4, 0.5) is 0 Å². The van der Waals surface area contributed by atoms with E-state index in [1.165, 1.54) is 29.7 Å². The van der Waals surface area contributed by atoms with E-state index in [0.29, 0.717) is 12.0 Å². The number of nitrogens with one attached hydrogen (secondary N) is 1. The second kappa shape index (κ2) is 6.52. The van der Waals surface area contributed by atoms with Gasteiger partial charge in [-0.25, -0.2) is 0 Å². The lowest BCUT2D eigenvalue weighted by atomic mass is 9.85. The molecule has 1 fully saturated rings. The molecule has 0 bridgehead atoms. The first kappa shape index (κ1) is 14.5. The molecule has 1 heterocycles. The maximum Gasteiger partial charge on any atom is 0.228 e. The summed E-state index contributed by atoms with van der Waals surface area (Å²) in [6.45, 7) is 0. The van der Waals surface area contributed by atoms with Crippen LogP contribution in [-0.2, 0) is 4.79 Å². The van der Waals surface area contributed by atoms with E-state index in [4.69, 9.17) is 0 Å². The lowest BCUT2D eigenvalue weighted by molar-refractivity contribution is -0.123. The summed E-state index contributed by atoms with van der Waals surface area (Å²) < 4.78 is 0. The van der Waals surface area contributed by atoms with Crippen molar-refractivity contribution in [3.8, 4) is 0 Å². The molecule has 2 aliphatic rings. The van der Waals surface area contributed by atoms with Gasteiger partial charge in [-0.2, -0.15) is 0 Å². The summed E-state index contributed by atoms with van der Waals surface area (Å²) in [6.07, 6.45) is 4.89. The van der Waals surface area contributed by atoms with Gasteiger partial charge in [-0.1, -0.05) is 47.0 Å². The minimum atomic E-state index is 0.0362. The van der Waals surface area contributed by atoms with Crippen LogP contribution in [0.1, 0.15) is 37.2 Å². The molecule has 4 heteroatoms. The number of carbonyl (C=O) groups is 1. The summed E-state index contributed by atoms with van der Waals surface area (Å²) in [5, 5.41) is 4.31. The number of amides is 1. The van der Waals surface area contributed by atoms with E-state index in [1.807, 2.05) is 12.1 Å². The fourth-order valence-corrected chi connectivity index (χ4v) is 5.25. The van der Waals surface area contributed by atoms with Crippen molar-refractivity contribution >= 4 is 33.6 Å². The molecule has 3 unspecified atom stereocenters. The van der Waals surface area contributed by atoms with E-state index in [2.05, 4.69) is 33.4 Å². The predicted molar refractivity (Wildman–Crippen MR) is 87.6 cm³/mol. The van der Waals surface area contributed by atoms with E-state index in [9.17, 15) is 4.79 Å². The molecule has 0 saturated heterocycles. The molecule has 1 aromatic rings. The normalized spacial score (nSPS) is 28.9. The lowest BCUT2D eigenvalue weighted by Gasteiger charge is -2.31. The molecule has 1 aliphatic heterocycles. The fraction of sp³-hybridized carbons (Fsp3) is 0.562. The Morgan fingerprint density at radius 3 is 2.95 bits per heavy atom. The van der Waals surface area contributed by atoms with E-state index in [-0.39, 0.29) is 11.8 Å². The number of carbonyl (C=O) groups excluding carboxylic acids is 1. The molecule has 3 rings (SSSR count). The van der Waals surface area contributed by atoms with Crippen LogP contribution >= 0.6 is 27.7 Å². The van der Waals surface area contributed by atoms with E-state index in [1.54, 1.807) is 11.8 Å². The number of rotatable bonds is 3. The van der Waals surface area contributed by atoms with Crippen molar-refractivity contribution in [2.45, 2.75) is 42.5 Å². The fourth-order valence-electron chi connectivity index (χ4n) is 3.25. The van der Waals surface area contributed by atoms with E-state index in [0.717, 1.165) is 17.5 Å². The SMILES string of the molecule is O=C(NC1CCCCC1CBr)C1CSc2ccccc21. The molecule has 1 aliphatic carbocycles. The molecule has 3 atom stereocenters. The maximum atomic E-state index is 12.6. The van der Waals surface area contributed by atoms with Crippen molar-refractivity contribution in [3.05, 3.63) is 29.8 Å². The molecule has 0 radical (unpaired) electrons. The Kier molecular flexibility index (Phi) is 4.72. The second-order valence-electron chi connectivity index (χ2n) is 5.72. The Morgan fingerprint density at radius 1 is 1.30 bits per heavy atom. The molecule has 1 N–H and O–H groups in total. The summed E-state index contributed by atoms with van der Waals surface area (Å²) in [5.41, 5.74) is 1.21. The summed E-state index contributed by atoms with van der Waals surface area (Å²) >= 11 is 5.40. The number of halogens is 1. The van der Waals surface area contributed by atoms with Crippen LogP contribution in [0.15, 0.2) is 29.2 Å². The first-order valence-electron chi connectivity index (χ1n) is 7.37. The first-order valence-corrected chi connectivity index (χ1v) is 9.48. The van der Waals surface area contributed by atoms with Gasteiger partial charge in [-0.05, 0) is 30.4 Å². The average Bonchev–Trinajstić information content (AvgIpc) is 2.92. The quantitative estimate of drug-likeness (QED) is 0.833. The number of hydrogen-bond donors (Lipinski definition) is 1. The Labute approximate surface area is 133 Å². The van der Waals surface area contributed by atoms with Crippen LogP contribution in [-0.4, -0.2) is 23.0 Å². The maximum absolute atomic E-state index is 12.6. The third kappa shape index (κ3) is 2.91. The number of alkyl halides is 1. The average molecular weight is 354 g/mol. The van der Waals surface area contributed by atoms with E-state index >= 15 is 0 Å². The Bertz CT molecular complexity index is 493. The van der Waals surface area contributed by atoms with Gasteiger partial charge < -0.3 is 5.32 Å². The lowest BCUT2D eigenvalue weighted by Crippen LogP contribution is -2.44. The molecular weight excluding hydrogens is 334 g/mol. The third-order valence-electron chi connectivity index (χ3n) is 4.45. The highest BCUT2D eigenvalue weighted by molar-refractivity contribution is 9.09. The van der Waals surface area contributed by atoms with Gasteiger partial charge in [0.1, 0.15) is 0 Å². The number of benzene rings is 1. The minimum absolute atomic E-state index is 0.0362. The van der Waals surface area contributed by atoms with Gasteiger partial charge in [0.25, 0.3) is 0 Å². The summed E-state index contributed by atoms with van der Waals surface area (Å²) in [5.74, 6) is 1.74. The van der Waals surface area contributed by atoms with Gasteiger partial charge in [0.05, 0.1) is 5.92 Å². The molecule has 108 valence electrons. The minimum Gasteiger partial charge on any atom is -0.353 e. The highest BCUT2D eigenvalue weighted by Crippen LogP contribution is 2.39. The van der Waals surface area contributed by atoms with Crippen LogP contribution in [0, 0.1) is 5.92 Å². The smallest absolute Gasteiger partial charge is 0.228 e. The molecular formula is C16H20BrNOS. The van der Waals surface area contributed by atoms with Crippen LogP contribution < -0.4 is 5.32 Å². The van der Waals surface area contributed by atoms with Crippen LogP contribution in [0.3, 0.4) is 0 Å². The van der Waals surface area contributed by atoms with Crippen molar-refractivity contribution in [2.75, 3.05) is 11.1 Å². The Hall–Kier alpha value is -0.480. The molecule has 20 heavy (non-hydrogen) atoms. The predicted octanol–water partition coefficient (Wildman–Crippen LogP) is 3.95. The van der Waals surface area contributed by atoms with Gasteiger partial charge in [-0.15, -0.1) is 11.8 Å². The monoisotopic (exact) mass is 353 g/mol.